The molecule has 0 saturated carbocycles. The molecule has 3 N–H and O–H groups in total. The Hall–Kier alpha value is -3.06. The molecule has 0 aliphatic heterocycles. The van der Waals surface area contributed by atoms with Crippen molar-refractivity contribution in [2.75, 3.05) is 10.6 Å². The number of hydrogen-bond donors (Lipinski definition) is 3. The highest BCUT2D eigenvalue weighted by Gasteiger charge is 2.11. The third-order valence-electron chi connectivity index (χ3n) is 4.59. The van der Waals surface area contributed by atoms with E-state index in [1.54, 1.807) is 48.5 Å². The minimum absolute atomic E-state index is 0.331. The number of H-pyrrole nitrogens is 1. The maximum absolute atomic E-state index is 12.3. The van der Waals surface area contributed by atoms with Crippen LogP contribution >= 0.6 is 34.8 Å². The molecule has 0 spiro atoms. The number of nitrogens with zero attached hydrogens (tertiary/aromatic N) is 1. The molecule has 2 amide bonds. The highest BCUT2D eigenvalue weighted by molar-refractivity contribution is 6.42. The van der Waals surface area contributed by atoms with Crippen molar-refractivity contribution in [2.24, 2.45) is 0 Å². The normalized spacial score (nSPS) is 10.8. The summed E-state index contributed by atoms with van der Waals surface area (Å²) in [5.41, 5.74) is 2.32. The summed E-state index contributed by atoms with van der Waals surface area (Å²) in [6.07, 6.45) is 0.523. The summed E-state index contributed by atoms with van der Waals surface area (Å²) in [6, 6.07) is 16.8. The van der Waals surface area contributed by atoms with Crippen LogP contribution in [0, 0.1) is 0 Å². The number of carbonyl (C=O) groups excluding carboxylic acids is 1. The second-order valence-electron chi connectivity index (χ2n) is 6.77. The number of hydrogen-bond acceptors (Lipinski definition) is 3. The molecule has 0 atom stereocenters. The van der Waals surface area contributed by atoms with E-state index in [-0.39, 0.29) is 5.56 Å². The monoisotopic (exact) mass is 472 g/mol. The molecule has 3 aromatic carbocycles. The molecule has 0 fully saturated rings. The molecule has 1 aromatic heterocycles. The van der Waals surface area contributed by atoms with Gasteiger partial charge in [-0.15, -0.1) is 0 Å². The fraction of sp³-hybridized carbons (Fsp3) is 0.0455. The number of amides is 2. The van der Waals surface area contributed by atoms with E-state index < -0.39 is 6.03 Å². The highest BCUT2D eigenvalue weighted by Crippen LogP contribution is 2.25. The Labute approximate surface area is 192 Å². The van der Waals surface area contributed by atoms with Crippen LogP contribution in [0.2, 0.25) is 15.1 Å². The van der Waals surface area contributed by atoms with Gasteiger partial charge in [0, 0.05) is 28.2 Å². The number of aromatic nitrogens is 2. The summed E-state index contributed by atoms with van der Waals surface area (Å²) >= 11 is 17.8. The van der Waals surface area contributed by atoms with Crippen molar-refractivity contribution >= 4 is 63.0 Å². The predicted molar refractivity (Wildman–Crippen MR) is 126 cm³/mol. The summed E-state index contributed by atoms with van der Waals surface area (Å²) < 4.78 is 0. The van der Waals surface area contributed by atoms with Gasteiger partial charge < -0.3 is 10.6 Å². The Balaban J connectivity index is 1.56. The summed E-state index contributed by atoms with van der Waals surface area (Å²) in [4.78, 5) is 24.7. The average molecular weight is 474 g/mol. The second kappa shape index (κ2) is 8.98. The van der Waals surface area contributed by atoms with Crippen LogP contribution in [0.5, 0.6) is 0 Å². The van der Waals surface area contributed by atoms with E-state index in [1.807, 2.05) is 12.1 Å². The first-order valence-electron chi connectivity index (χ1n) is 9.18. The third-order valence-corrected chi connectivity index (χ3v) is 5.58. The van der Waals surface area contributed by atoms with E-state index in [0.717, 1.165) is 5.56 Å². The topological polar surface area (TPSA) is 86.9 Å². The van der Waals surface area contributed by atoms with Crippen LogP contribution < -0.4 is 16.2 Å². The first-order chi connectivity index (χ1) is 14.9. The highest BCUT2D eigenvalue weighted by atomic mass is 35.5. The number of carbonyl (C=O) groups is 1. The Morgan fingerprint density at radius 1 is 0.839 bits per heavy atom. The Morgan fingerprint density at radius 3 is 2.23 bits per heavy atom. The second-order valence-corrected chi connectivity index (χ2v) is 8.02. The van der Waals surface area contributed by atoms with E-state index in [9.17, 15) is 9.59 Å². The number of nitrogens with one attached hydrogen (secondary N) is 3. The van der Waals surface area contributed by atoms with Crippen LogP contribution in [0.15, 0.2) is 65.5 Å². The molecule has 4 aromatic rings. The minimum Gasteiger partial charge on any atom is -0.308 e. The zero-order chi connectivity index (χ0) is 22.0. The first-order valence-corrected chi connectivity index (χ1v) is 10.3. The molecule has 9 heteroatoms. The van der Waals surface area contributed by atoms with Gasteiger partial charge in [-0.05, 0) is 48.0 Å². The number of urea groups is 1. The summed E-state index contributed by atoms with van der Waals surface area (Å²) in [6.45, 7) is 0. The lowest BCUT2D eigenvalue weighted by Crippen LogP contribution is -2.20. The molecule has 6 nitrogen and oxygen atoms in total. The lowest BCUT2D eigenvalue weighted by Gasteiger charge is -2.10. The van der Waals surface area contributed by atoms with Gasteiger partial charge in [-0.1, -0.05) is 53.0 Å². The van der Waals surface area contributed by atoms with Crippen LogP contribution in [0.4, 0.5) is 16.2 Å². The summed E-state index contributed by atoms with van der Waals surface area (Å²) in [5, 5.41) is 14.6. The molecule has 0 aliphatic rings. The van der Waals surface area contributed by atoms with Gasteiger partial charge in [0.05, 0.1) is 21.1 Å². The van der Waals surface area contributed by atoms with Crippen molar-refractivity contribution in [3.63, 3.8) is 0 Å². The largest absolute Gasteiger partial charge is 0.323 e. The van der Waals surface area contributed by atoms with E-state index in [1.165, 1.54) is 0 Å². The van der Waals surface area contributed by atoms with Crippen molar-refractivity contribution in [3.05, 3.63) is 97.3 Å². The zero-order valence-electron chi connectivity index (χ0n) is 15.9. The van der Waals surface area contributed by atoms with Crippen LogP contribution in [-0.2, 0) is 6.42 Å². The van der Waals surface area contributed by atoms with Crippen molar-refractivity contribution < 1.29 is 4.79 Å². The standard InChI is InChI=1S/C22H15Cl3N4O2/c23-13-3-1-12(2-4-13)9-20-16-7-5-14(10-17(16)21(30)29-28-20)26-22(31)27-15-6-8-18(24)19(25)11-15/h1-8,10-11H,9H2,(H,29,30)(H2,26,27,31). The molecule has 1 heterocycles. The molecule has 0 radical (unpaired) electrons. The van der Waals surface area contributed by atoms with Crippen LogP contribution in [0.3, 0.4) is 0 Å². The number of rotatable bonds is 4. The summed E-state index contributed by atoms with van der Waals surface area (Å²) in [7, 11) is 0. The van der Waals surface area contributed by atoms with Crippen molar-refractivity contribution in [1.82, 2.24) is 10.2 Å². The molecular weight excluding hydrogens is 459 g/mol. The maximum Gasteiger partial charge on any atom is 0.323 e. The van der Waals surface area contributed by atoms with Crippen molar-refractivity contribution in [1.29, 1.82) is 0 Å². The smallest absolute Gasteiger partial charge is 0.308 e. The molecular formula is C22H15Cl3N4O2. The van der Waals surface area contributed by atoms with E-state index >= 15 is 0 Å². The predicted octanol–water partition coefficient (Wildman–Crippen LogP) is 6.12. The van der Waals surface area contributed by atoms with E-state index in [4.69, 9.17) is 34.8 Å². The molecule has 0 unspecified atom stereocenters. The van der Waals surface area contributed by atoms with Crippen molar-refractivity contribution in [2.45, 2.75) is 6.42 Å². The van der Waals surface area contributed by atoms with Gasteiger partial charge in [-0.25, -0.2) is 9.89 Å². The molecule has 0 aliphatic carbocycles. The first kappa shape index (κ1) is 21.2. The molecule has 0 saturated heterocycles. The summed E-state index contributed by atoms with van der Waals surface area (Å²) in [5.74, 6) is 0. The van der Waals surface area contributed by atoms with Crippen LogP contribution in [0.1, 0.15) is 11.3 Å². The molecule has 156 valence electrons. The van der Waals surface area contributed by atoms with Gasteiger partial charge in [0.1, 0.15) is 0 Å². The Morgan fingerprint density at radius 2 is 1.52 bits per heavy atom. The fourth-order valence-electron chi connectivity index (χ4n) is 3.10. The lowest BCUT2D eigenvalue weighted by atomic mass is 10.0. The molecule has 0 bridgehead atoms. The molecule has 4 rings (SSSR count). The van der Waals surface area contributed by atoms with Crippen molar-refractivity contribution in [3.8, 4) is 0 Å². The van der Waals surface area contributed by atoms with E-state index in [0.29, 0.717) is 49.3 Å². The number of halogens is 3. The van der Waals surface area contributed by atoms with Gasteiger partial charge in [-0.3, -0.25) is 4.79 Å². The fourth-order valence-corrected chi connectivity index (χ4v) is 3.52. The van der Waals surface area contributed by atoms with Crippen LogP contribution in [0.25, 0.3) is 10.8 Å². The SMILES string of the molecule is O=C(Nc1ccc(Cl)c(Cl)c1)Nc1ccc2c(Cc3ccc(Cl)cc3)n[nH]c(=O)c2c1. The zero-order valence-corrected chi connectivity index (χ0v) is 18.1. The number of benzene rings is 3. The van der Waals surface area contributed by atoms with E-state index in [2.05, 4.69) is 20.8 Å². The number of fused-ring (bicyclic) bond motifs is 1. The third kappa shape index (κ3) is 4.99. The van der Waals surface area contributed by atoms with Gasteiger partial charge in [0.2, 0.25) is 0 Å². The number of aromatic amines is 1. The minimum atomic E-state index is -0.482. The van der Waals surface area contributed by atoms with Gasteiger partial charge in [0.15, 0.2) is 0 Å². The Bertz CT molecular complexity index is 1340. The Kier molecular flexibility index (Phi) is 6.13. The quantitative estimate of drug-likeness (QED) is 0.334. The lowest BCUT2D eigenvalue weighted by molar-refractivity contribution is 0.262. The van der Waals surface area contributed by atoms with Gasteiger partial charge >= 0.3 is 6.03 Å². The average Bonchev–Trinajstić information content (AvgIpc) is 2.74. The van der Waals surface area contributed by atoms with Gasteiger partial charge in [-0.2, -0.15) is 5.10 Å². The van der Waals surface area contributed by atoms with Gasteiger partial charge in [0.25, 0.3) is 5.56 Å². The van der Waals surface area contributed by atoms with Crippen LogP contribution in [-0.4, -0.2) is 16.2 Å². The maximum atomic E-state index is 12.3. The molecule has 31 heavy (non-hydrogen) atoms. The number of anilines is 2.